The third-order valence-corrected chi connectivity index (χ3v) is 3.34. The van der Waals surface area contributed by atoms with E-state index in [-0.39, 0.29) is 12.1 Å². The second kappa shape index (κ2) is 6.19. The van der Waals surface area contributed by atoms with Crippen LogP contribution in [-0.4, -0.2) is 54.3 Å². The number of aromatic nitrogens is 3. The fraction of sp³-hybridized carbons (Fsp3) is 0.750. The minimum Gasteiger partial charge on any atom is -0.375 e. The molecule has 0 saturated carbocycles. The number of nitrogens with one attached hydrogen (secondary N) is 1. The van der Waals surface area contributed by atoms with E-state index in [0.29, 0.717) is 24.5 Å². The summed E-state index contributed by atoms with van der Waals surface area (Å²) in [6, 6.07) is 0.272. The Morgan fingerprint density at radius 2 is 2.15 bits per heavy atom. The molecule has 1 aromatic rings. The lowest BCUT2D eigenvalue weighted by molar-refractivity contribution is 0.0292. The highest BCUT2D eigenvalue weighted by molar-refractivity contribution is 5.45. The lowest BCUT2D eigenvalue weighted by Gasteiger charge is -2.38. The van der Waals surface area contributed by atoms with Crippen LogP contribution >= 0.6 is 0 Å². The van der Waals surface area contributed by atoms with Crippen molar-refractivity contribution in [2.24, 2.45) is 5.84 Å². The number of nitrogen functional groups attached to an aromatic ring is 1. The molecule has 8 nitrogen and oxygen atoms in total. The number of hydrogen-bond acceptors (Lipinski definition) is 8. The molecule has 3 N–H and O–H groups in total. The summed E-state index contributed by atoms with van der Waals surface area (Å²) in [5.41, 5.74) is 2.50. The number of anilines is 3. The molecule has 0 spiro atoms. The molecule has 0 aliphatic carbocycles. The molecule has 2 atom stereocenters. The number of hydrazine groups is 1. The van der Waals surface area contributed by atoms with Crippen molar-refractivity contribution in [1.29, 1.82) is 0 Å². The molecule has 2 rings (SSSR count). The van der Waals surface area contributed by atoms with E-state index in [1.165, 1.54) is 0 Å². The van der Waals surface area contributed by atoms with Gasteiger partial charge in [-0.25, -0.2) is 5.84 Å². The van der Waals surface area contributed by atoms with E-state index in [4.69, 9.17) is 10.6 Å². The fourth-order valence-corrected chi connectivity index (χ4v) is 2.17. The van der Waals surface area contributed by atoms with E-state index < -0.39 is 0 Å². The van der Waals surface area contributed by atoms with E-state index in [1.54, 1.807) is 0 Å². The summed E-state index contributed by atoms with van der Waals surface area (Å²) in [5.74, 6) is 7.03. The zero-order chi connectivity index (χ0) is 14.7. The Labute approximate surface area is 119 Å². The zero-order valence-corrected chi connectivity index (χ0v) is 12.5. The van der Waals surface area contributed by atoms with Crippen molar-refractivity contribution >= 4 is 17.8 Å². The predicted molar refractivity (Wildman–Crippen MR) is 78.8 cm³/mol. The van der Waals surface area contributed by atoms with Gasteiger partial charge in [0.15, 0.2) is 0 Å². The molecule has 1 aromatic heterocycles. The maximum atomic E-state index is 5.70. The lowest BCUT2D eigenvalue weighted by atomic mass is 10.1. The van der Waals surface area contributed by atoms with Crippen molar-refractivity contribution < 1.29 is 4.74 Å². The van der Waals surface area contributed by atoms with Crippen LogP contribution < -0.4 is 21.1 Å². The third-order valence-electron chi connectivity index (χ3n) is 3.34. The van der Waals surface area contributed by atoms with Crippen LogP contribution in [0.4, 0.5) is 17.8 Å². The standard InChI is InChI=1S/C12H23N7O/c1-5-9-7-20-8(2)6-19(9)12-15-10(17-13)14-11(16-12)18(3)4/h8-9H,5-7,13H2,1-4H3,(H,14,15,16,17). The van der Waals surface area contributed by atoms with Crippen molar-refractivity contribution in [2.75, 3.05) is 42.5 Å². The normalized spacial score (nSPS) is 22.8. The van der Waals surface area contributed by atoms with Gasteiger partial charge >= 0.3 is 0 Å². The first-order valence-corrected chi connectivity index (χ1v) is 6.83. The van der Waals surface area contributed by atoms with Crippen molar-refractivity contribution in [3.63, 3.8) is 0 Å². The highest BCUT2D eigenvalue weighted by atomic mass is 16.5. The average molecular weight is 281 g/mol. The smallest absolute Gasteiger partial charge is 0.243 e. The second-order valence-electron chi connectivity index (χ2n) is 5.16. The molecule has 20 heavy (non-hydrogen) atoms. The average Bonchev–Trinajstić information content (AvgIpc) is 2.46. The van der Waals surface area contributed by atoms with Crippen molar-refractivity contribution in [1.82, 2.24) is 15.0 Å². The number of hydrogen-bond donors (Lipinski definition) is 2. The maximum Gasteiger partial charge on any atom is 0.243 e. The van der Waals surface area contributed by atoms with Crippen LogP contribution in [0.1, 0.15) is 20.3 Å². The summed E-state index contributed by atoms with van der Waals surface area (Å²) in [5, 5.41) is 0. The summed E-state index contributed by atoms with van der Waals surface area (Å²) < 4.78 is 5.70. The van der Waals surface area contributed by atoms with Gasteiger partial charge in [0.2, 0.25) is 17.8 Å². The van der Waals surface area contributed by atoms with Crippen LogP contribution in [0.5, 0.6) is 0 Å². The summed E-state index contributed by atoms with van der Waals surface area (Å²) in [7, 11) is 3.78. The number of nitrogens with zero attached hydrogens (tertiary/aromatic N) is 5. The first-order chi connectivity index (χ1) is 9.55. The molecule has 1 fully saturated rings. The van der Waals surface area contributed by atoms with Crippen molar-refractivity contribution in [2.45, 2.75) is 32.4 Å². The van der Waals surface area contributed by atoms with Crippen LogP contribution in [0.25, 0.3) is 0 Å². The molecule has 2 heterocycles. The van der Waals surface area contributed by atoms with Gasteiger partial charge in [0, 0.05) is 20.6 Å². The molecule has 0 aromatic carbocycles. The van der Waals surface area contributed by atoms with Gasteiger partial charge < -0.3 is 14.5 Å². The maximum absolute atomic E-state index is 5.70. The van der Waals surface area contributed by atoms with Crippen LogP contribution in [0.2, 0.25) is 0 Å². The number of nitrogens with two attached hydrogens (primary N) is 1. The van der Waals surface area contributed by atoms with Gasteiger partial charge in [-0.15, -0.1) is 0 Å². The molecular weight excluding hydrogens is 258 g/mol. The first-order valence-electron chi connectivity index (χ1n) is 6.83. The summed E-state index contributed by atoms with van der Waals surface area (Å²) >= 11 is 0. The summed E-state index contributed by atoms with van der Waals surface area (Å²) in [4.78, 5) is 17.1. The van der Waals surface area contributed by atoms with Gasteiger partial charge in [0.05, 0.1) is 18.8 Å². The van der Waals surface area contributed by atoms with Gasteiger partial charge in [-0.05, 0) is 13.3 Å². The lowest BCUT2D eigenvalue weighted by Crippen LogP contribution is -2.49. The Balaban J connectivity index is 2.35. The van der Waals surface area contributed by atoms with Crippen molar-refractivity contribution in [3.8, 4) is 0 Å². The van der Waals surface area contributed by atoms with Crippen LogP contribution in [0.15, 0.2) is 0 Å². The minimum absolute atomic E-state index is 0.159. The molecule has 2 unspecified atom stereocenters. The SMILES string of the molecule is CCC1COC(C)CN1c1nc(NN)nc(N(C)C)n1. The first kappa shape index (κ1) is 14.7. The zero-order valence-electron chi connectivity index (χ0n) is 12.5. The monoisotopic (exact) mass is 281 g/mol. The van der Waals surface area contributed by atoms with Gasteiger partial charge in [0.1, 0.15) is 0 Å². The molecular formula is C12H23N7O. The number of ether oxygens (including phenoxy) is 1. The number of morpholine rings is 1. The summed E-state index contributed by atoms with van der Waals surface area (Å²) in [6.45, 7) is 5.63. The van der Waals surface area contributed by atoms with Gasteiger partial charge in [0.25, 0.3) is 0 Å². The molecule has 8 heteroatoms. The Morgan fingerprint density at radius 3 is 2.75 bits per heavy atom. The molecule has 112 valence electrons. The molecule has 1 aliphatic heterocycles. The van der Waals surface area contributed by atoms with Crippen LogP contribution in [0.3, 0.4) is 0 Å². The highest BCUT2D eigenvalue weighted by Crippen LogP contribution is 2.22. The van der Waals surface area contributed by atoms with E-state index >= 15 is 0 Å². The highest BCUT2D eigenvalue weighted by Gasteiger charge is 2.28. The van der Waals surface area contributed by atoms with E-state index in [1.807, 2.05) is 19.0 Å². The molecule has 1 aliphatic rings. The van der Waals surface area contributed by atoms with E-state index in [0.717, 1.165) is 13.0 Å². The Kier molecular flexibility index (Phi) is 4.56. The predicted octanol–water partition coefficient (Wildman–Crippen LogP) is 0.227. The van der Waals surface area contributed by atoms with E-state index in [2.05, 4.69) is 39.1 Å². The fourth-order valence-electron chi connectivity index (χ4n) is 2.17. The molecule has 1 saturated heterocycles. The van der Waals surface area contributed by atoms with Gasteiger partial charge in [-0.2, -0.15) is 15.0 Å². The van der Waals surface area contributed by atoms with E-state index in [9.17, 15) is 0 Å². The molecule has 0 radical (unpaired) electrons. The minimum atomic E-state index is 0.159. The molecule has 0 bridgehead atoms. The third kappa shape index (κ3) is 3.07. The topological polar surface area (TPSA) is 92.4 Å². The molecule has 0 amide bonds. The second-order valence-corrected chi connectivity index (χ2v) is 5.16. The van der Waals surface area contributed by atoms with Gasteiger partial charge in [-0.3, -0.25) is 5.43 Å². The van der Waals surface area contributed by atoms with Crippen molar-refractivity contribution in [3.05, 3.63) is 0 Å². The Hall–Kier alpha value is -1.67. The Bertz CT molecular complexity index is 453. The Morgan fingerprint density at radius 1 is 1.40 bits per heavy atom. The van der Waals surface area contributed by atoms with Crippen LogP contribution in [-0.2, 0) is 4.74 Å². The number of rotatable bonds is 4. The summed E-state index contributed by atoms with van der Waals surface area (Å²) in [6.07, 6.45) is 1.13. The van der Waals surface area contributed by atoms with Crippen LogP contribution in [0, 0.1) is 0 Å². The quantitative estimate of drug-likeness (QED) is 0.598. The van der Waals surface area contributed by atoms with Gasteiger partial charge in [-0.1, -0.05) is 6.92 Å². The largest absolute Gasteiger partial charge is 0.375 e.